The highest BCUT2D eigenvalue weighted by Crippen LogP contribution is 2.53. The summed E-state index contributed by atoms with van der Waals surface area (Å²) < 4.78 is 2.44. The Morgan fingerprint density at radius 3 is 2.31 bits per heavy atom. The zero-order chi connectivity index (χ0) is 24.1. The maximum atomic E-state index is 2.55. The molecule has 2 nitrogen and oxygen atoms in total. The van der Waals surface area contributed by atoms with Crippen LogP contribution in [0.15, 0.2) is 109 Å². The van der Waals surface area contributed by atoms with Gasteiger partial charge in [-0.25, -0.2) is 0 Å². The number of rotatable bonds is 5. The molecular weight excluding hydrogens is 436 g/mol. The van der Waals surface area contributed by atoms with Gasteiger partial charge in [-0.1, -0.05) is 86.2 Å². The predicted molar refractivity (Wildman–Crippen MR) is 152 cm³/mol. The average molecular weight is 467 g/mol. The number of benzene rings is 4. The number of anilines is 2. The van der Waals surface area contributed by atoms with Crippen LogP contribution in [0, 0.1) is 0 Å². The number of aromatic nitrogens is 1. The number of nitrogens with zero attached hydrogens (tertiary/aromatic N) is 2. The van der Waals surface area contributed by atoms with E-state index in [1.807, 2.05) is 0 Å². The molecule has 7 rings (SSSR count). The molecule has 0 amide bonds. The van der Waals surface area contributed by atoms with Crippen molar-refractivity contribution in [2.45, 2.75) is 38.1 Å². The standard InChI is InChI=1S/C34H30N2/c1-2-3-11-24-18-20-26(21-19-24)36-30-17-10-8-15-28(30)34-32(36)23-22-31-33(34)27-14-7-9-16-29(27)35(31)25-12-5-4-6-13-25/h4-10,12-23,32,34H,2-3,11H2,1H3. The van der Waals surface area contributed by atoms with Crippen LogP contribution in [0.4, 0.5) is 11.4 Å². The van der Waals surface area contributed by atoms with Crippen molar-refractivity contribution in [1.29, 1.82) is 0 Å². The molecule has 5 aromatic rings. The Labute approximate surface area is 213 Å². The summed E-state index contributed by atoms with van der Waals surface area (Å²) in [6, 6.07) is 38.2. The minimum atomic E-state index is 0.256. The topological polar surface area (TPSA) is 8.17 Å². The van der Waals surface area contributed by atoms with E-state index in [-0.39, 0.29) is 12.0 Å². The Morgan fingerprint density at radius 2 is 1.47 bits per heavy atom. The van der Waals surface area contributed by atoms with Gasteiger partial charge in [0.2, 0.25) is 0 Å². The van der Waals surface area contributed by atoms with Crippen molar-refractivity contribution in [3.8, 4) is 5.69 Å². The van der Waals surface area contributed by atoms with Crippen molar-refractivity contribution >= 4 is 28.4 Å². The van der Waals surface area contributed by atoms with Crippen LogP contribution in [-0.2, 0) is 6.42 Å². The normalized spacial score (nSPS) is 17.8. The zero-order valence-electron chi connectivity index (χ0n) is 20.6. The Balaban J connectivity index is 1.41. The molecule has 2 heteroatoms. The van der Waals surface area contributed by atoms with Gasteiger partial charge in [0.25, 0.3) is 0 Å². The van der Waals surface area contributed by atoms with E-state index in [4.69, 9.17) is 0 Å². The third-order valence-corrected chi connectivity index (χ3v) is 7.93. The highest BCUT2D eigenvalue weighted by atomic mass is 15.2. The molecule has 176 valence electrons. The molecule has 0 N–H and O–H groups in total. The number of hydrogen-bond acceptors (Lipinski definition) is 1. The number of unbranched alkanes of at least 4 members (excludes halogenated alkanes) is 1. The Hall–Kier alpha value is -4.04. The first-order valence-corrected chi connectivity index (χ1v) is 13.2. The summed E-state index contributed by atoms with van der Waals surface area (Å²) in [5.74, 6) is 0.288. The fourth-order valence-corrected chi connectivity index (χ4v) is 6.32. The molecule has 2 heterocycles. The van der Waals surface area contributed by atoms with E-state index in [9.17, 15) is 0 Å². The van der Waals surface area contributed by atoms with Gasteiger partial charge < -0.3 is 9.47 Å². The summed E-state index contributed by atoms with van der Waals surface area (Å²) in [6.45, 7) is 2.26. The third kappa shape index (κ3) is 3.18. The molecule has 0 fully saturated rings. The summed E-state index contributed by atoms with van der Waals surface area (Å²) in [5, 5.41) is 1.35. The minimum Gasteiger partial charge on any atom is -0.333 e. The van der Waals surface area contributed by atoms with E-state index in [0.717, 1.165) is 6.42 Å². The third-order valence-electron chi connectivity index (χ3n) is 7.93. The van der Waals surface area contributed by atoms with Crippen LogP contribution in [0.3, 0.4) is 0 Å². The van der Waals surface area contributed by atoms with Crippen molar-refractivity contribution in [1.82, 2.24) is 4.57 Å². The van der Waals surface area contributed by atoms with Gasteiger partial charge in [0.15, 0.2) is 0 Å². The number of aryl methyl sites for hydroxylation is 1. The summed E-state index contributed by atoms with van der Waals surface area (Å²) in [5.41, 5.74) is 10.7. The van der Waals surface area contributed by atoms with Crippen molar-refractivity contribution < 1.29 is 0 Å². The number of hydrogen-bond donors (Lipinski definition) is 0. The van der Waals surface area contributed by atoms with Gasteiger partial charge in [0, 0.05) is 28.4 Å². The van der Waals surface area contributed by atoms with Crippen LogP contribution in [0.5, 0.6) is 0 Å². The molecule has 4 aromatic carbocycles. The lowest BCUT2D eigenvalue weighted by Gasteiger charge is -2.31. The van der Waals surface area contributed by atoms with E-state index < -0.39 is 0 Å². The van der Waals surface area contributed by atoms with E-state index >= 15 is 0 Å². The zero-order valence-corrected chi connectivity index (χ0v) is 20.6. The predicted octanol–water partition coefficient (Wildman–Crippen LogP) is 8.65. The second kappa shape index (κ2) is 8.57. The smallest absolute Gasteiger partial charge is 0.0637 e. The molecule has 2 aliphatic rings. The minimum absolute atomic E-state index is 0.256. The van der Waals surface area contributed by atoms with Gasteiger partial charge in [-0.15, -0.1) is 0 Å². The van der Waals surface area contributed by atoms with Crippen molar-refractivity contribution in [3.05, 3.63) is 132 Å². The quantitative estimate of drug-likeness (QED) is 0.252. The lowest BCUT2D eigenvalue weighted by atomic mass is 9.82. The van der Waals surface area contributed by atoms with Gasteiger partial charge in [0.1, 0.15) is 0 Å². The molecular formula is C34H30N2. The SMILES string of the molecule is CCCCc1ccc(N2c3ccccc3C3c4c(n(-c5ccccc5)c5ccccc45)C=CC32)cc1. The second-order valence-electron chi connectivity index (χ2n) is 10.0. The van der Waals surface area contributed by atoms with Crippen molar-refractivity contribution in [3.63, 3.8) is 0 Å². The van der Waals surface area contributed by atoms with Gasteiger partial charge in [0.05, 0.1) is 17.3 Å². The van der Waals surface area contributed by atoms with Gasteiger partial charge in [-0.05, 0) is 72.0 Å². The molecule has 0 bridgehead atoms. The largest absolute Gasteiger partial charge is 0.333 e. The van der Waals surface area contributed by atoms with Gasteiger partial charge in [-0.3, -0.25) is 0 Å². The highest BCUT2D eigenvalue weighted by Gasteiger charge is 2.43. The fraction of sp³-hybridized carbons (Fsp3) is 0.176. The summed E-state index contributed by atoms with van der Waals surface area (Å²) >= 11 is 0. The average Bonchev–Trinajstić information content (AvgIpc) is 3.45. The van der Waals surface area contributed by atoms with E-state index in [2.05, 4.69) is 132 Å². The molecule has 0 spiro atoms. The first-order valence-electron chi connectivity index (χ1n) is 13.2. The van der Waals surface area contributed by atoms with E-state index in [0.29, 0.717) is 0 Å². The van der Waals surface area contributed by atoms with Crippen LogP contribution in [0.25, 0.3) is 22.7 Å². The summed E-state index contributed by atoms with van der Waals surface area (Å²) in [4.78, 5) is 2.55. The summed E-state index contributed by atoms with van der Waals surface area (Å²) in [7, 11) is 0. The van der Waals surface area contributed by atoms with Crippen LogP contribution >= 0.6 is 0 Å². The number of fused-ring (bicyclic) bond motifs is 7. The lowest BCUT2D eigenvalue weighted by Crippen LogP contribution is -2.30. The molecule has 0 saturated carbocycles. The fourth-order valence-electron chi connectivity index (χ4n) is 6.32. The molecule has 0 radical (unpaired) electrons. The Bertz CT molecular complexity index is 1570. The molecule has 36 heavy (non-hydrogen) atoms. The summed E-state index contributed by atoms with van der Waals surface area (Å²) in [6.07, 6.45) is 8.41. The molecule has 2 unspecified atom stereocenters. The highest BCUT2D eigenvalue weighted by molar-refractivity contribution is 5.94. The van der Waals surface area contributed by atoms with Crippen LogP contribution < -0.4 is 4.90 Å². The first kappa shape index (κ1) is 21.3. The number of para-hydroxylation sites is 3. The Morgan fingerprint density at radius 1 is 0.722 bits per heavy atom. The maximum absolute atomic E-state index is 2.55. The molecule has 1 aromatic heterocycles. The maximum Gasteiger partial charge on any atom is 0.0637 e. The van der Waals surface area contributed by atoms with Crippen molar-refractivity contribution in [2.75, 3.05) is 4.90 Å². The first-order chi connectivity index (χ1) is 17.8. The second-order valence-corrected chi connectivity index (χ2v) is 10.0. The molecule has 1 aliphatic heterocycles. The van der Waals surface area contributed by atoms with Crippen LogP contribution in [-0.4, -0.2) is 10.6 Å². The van der Waals surface area contributed by atoms with Crippen molar-refractivity contribution in [2.24, 2.45) is 0 Å². The molecule has 0 saturated heterocycles. The molecule has 2 atom stereocenters. The monoisotopic (exact) mass is 466 g/mol. The van der Waals surface area contributed by atoms with E-state index in [1.165, 1.54) is 63.2 Å². The lowest BCUT2D eigenvalue weighted by molar-refractivity contribution is 0.725. The van der Waals surface area contributed by atoms with E-state index in [1.54, 1.807) is 0 Å². The van der Waals surface area contributed by atoms with Crippen LogP contribution in [0.2, 0.25) is 0 Å². The van der Waals surface area contributed by atoms with Gasteiger partial charge in [-0.2, -0.15) is 0 Å². The van der Waals surface area contributed by atoms with Gasteiger partial charge >= 0.3 is 0 Å². The molecule has 1 aliphatic carbocycles. The van der Waals surface area contributed by atoms with Crippen LogP contribution in [0.1, 0.15) is 48.1 Å². The Kier molecular flexibility index (Phi) is 5.06.